The van der Waals surface area contributed by atoms with Gasteiger partial charge in [0.15, 0.2) is 9.84 Å². The predicted octanol–water partition coefficient (Wildman–Crippen LogP) is 4.62. The Hall–Kier alpha value is -4.26. The summed E-state index contributed by atoms with van der Waals surface area (Å²) in [6.45, 7) is 1.74. The maximum atomic E-state index is 13.5. The van der Waals surface area contributed by atoms with Crippen molar-refractivity contribution in [1.82, 2.24) is 10.5 Å². The number of carbonyl (C=O) groups excluding carboxylic acids is 1. The average molecular weight is 553 g/mol. The van der Waals surface area contributed by atoms with Gasteiger partial charge in [-0.25, -0.2) is 13.9 Å². The molecular weight excluding hydrogens is 528 g/mol. The number of carbonyl (C=O) groups is 1. The van der Waals surface area contributed by atoms with E-state index in [0.29, 0.717) is 28.1 Å². The smallest absolute Gasteiger partial charge is 0.276 e. The van der Waals surface area contributed by atoms with Crippen molar-refractivity contribution in [2.75, 3.05) is 17.9 Å². The number of sulfone groups is 1. The second kappa shape index (κ2) is 11.4. The fourth-order valence-electron chi connectivity index (χ4n) is 4.03. The monoisotopic (exact) mass is 552 g/mol. The number of ether oxygens (including phenoxy) is 1. The first-order valence-electron chi connectivity index (χ1n) is 11.2. The number of hydrogen-bond acceptors (Lipinski definition) is 10. The minimum absolute atomic E-state index is 0.0385. The van der Waals surface area contributed by atoms with E-state index in [-0.39, 0.29) is 16.1 Å². The largest absolute Gasteiger partial charge is 0.497 e. The normalized spacial score (nSPS) is 11.4. The molecule has 0 aliphatic rings. The number of thiophene rings is 1. The number of hydrogen-bond donors (Lipinski definition) is 3. The van der Waals surface area contributed by atoms with Crippen LogP contribution in [0.25, 0.3) is 10.4 Å². The number of amides is 1. The fraction of sp³-hybridized carbons (Fsp3) is 0.115. The fourth-order valence-corrected chi connectivity index (χ4v) is 6.21. The van der Waals surface area contributed by atoms with Gasteiger partial charge in [0.05, 0.1) is 41.4 Å². The van der Waals surface area contributed by atoms with Crippen molar-refractivity contribution in [3.05, 3.63) is 89.1 Å². The Kier molecular flexibility index (Phi) is 8.05. The molecule has 0 radical (unpaired) electrons. The topological polar surface area (TPSA) is 141 Å². The zero-order valence-corrected chi connectivity index (χ0v) is 22.0. The lowest BCUT2D eigenvalue weighted by Crippen LogP contribution is -2.30. The molecule has 1 amide bonds. The first-order valence-corrected chi connectivity index (χ1v) is 13.7. The molecule has 10 nitrogen and oxygen atoms in total. The van der Waals surface area contributed by atoms with E-state index in [0.717, 1.165) is 4.88 Å². The lowest BCUT2D eigenvalue weighted by atomic mass is 9.99. The van der Waals surface area contributed by atoms with Crippen molar-refractivity contribution in [3.8, 4) is 16.2 Å². The van der Waals surface area contributed by atoms with Gasteiger partial charge in [0, 0.05) is 16.6 Å². The lowest BCUT2D eigenvalue weighted by Gasteiger charge is -2.28. The van der Waals surface area contributed by atoms with Gasteiger partial charge in [0.1, 0.15) is 11.6 Å². The second-order valence-electron chi connectivity index (χ2n) is 8.14. The summed E-state index contributed by atoms with van der Waals surface area (Å²) in [5.41, 5.74) is 4.23. The van der Waals surface area contributed by atoms with Crippen LogP contribution < -0.4 is 15.1 Å². The maximum Gasteiger partial charge on any atom is 0.276 e. The molecule has 3 N–H and O–H groups in total. The summed E-state index contributed by atoms with van der Waals surface area (Å²) in [5.74, 6) is -0.826. The Morgan fingerprint density at radius 3 is 2.61 bits per heavy atom. The minimum atomic E-state index is -3.91. The molecule has 0 saturated heterocycles. The number of rotatable bonds is 9. The quantitative estimate of drug-likeness (QED) is 0.118. The van der Waals surface area contributed by atoms with Gasteiger partial charge in [-0.1, -0.05) is 5.16 Å². The van der Waals surface area contributed by atoms with Crippen LogP contribution in [-0.4, -0.2) is 48.9 Å². The molecule has 12 heteroatoms. The molecule has 0 bridgehead atoms. The van der Waals surface area contributed by atoms with E-state index in [9.17, 15) is 18.4 Å². The third-order valence-corrected chi connectivity index (χ3v) is 8.31. The van der Waals surface area contributed by atoms with Gasteiger partial charge in [-0.15, -0.1) is 11.3 Å². The van der Waals surface area contributed by atoms with E-state index in [2.05, 4.69) is 10.1 Å². The van der Waals surface area contributed by atoms with Crippen LogP contribution in [0.5, 0.6) is 5.75 Å². The second-order valence-corrected chi connectivity index (χ2v) is 11.0. The minimum Gasteiger partial charge on any atom is -0.497 e. The van der Waals surface area contributed by atoms with Crippen LogP contribution in [0.3, 0.4) is 0 Å². The van der Waals surface area contributed by atoms with Crippen LogP contribution >= 0.6 is 11.3 Å². The molecule has 0 aliphatic heterocycles. The van der Waals surface area contributed by atoms with Crippen molar-refractivity contribution in [2.24, 2.45) is 5.16 Å². The first kappa shape index (κ1) is 26.8. The Morgan fingerprint density at radius 2 is 1.97 bits per heavy atom. The highest BCUT2D eigenvalue weighted by Crippen LogP contribution is 2.38. The van der Waals surface area contributed by atoms with E-state index < -0.39 is 21.6 Å². The average Bonchev–Trinajstić information content (AvgIpc) is 3.40. The standard InChI is InChI=1S/C26H24N4O6S2/c1-17-12-19(25-18(14-28-32)9-11-37-25)13-23(26(31)29-33)24(17)30(20-4-3-10-27-15-20)16-38(34,35)22-7-5-21(36-2)6-8-22/h3-15,32-33H,16H2,1-2H3,(H,29,31). The van der Waals surface area contributed by atoms with Crippen molar-refractivity contribution >= 4 is 44.7 Å². The third-order valence-electron chi connectivity index (χ3n) is 5.75. The zero-order chi connectivity index (χ0) is 27.3. The van der Waals surface area contributed by atoms with Gasteiger partial charge >= 0.3 is 0 Å². The summed E-state index contributed by atoms with van der Waals surface area (Å²) >= 11 is 1.37. The summed E-state index contributed by atoms with van der Waals surface area (Å²) in [4.78, 5) is 19.3. The number of methoxy groups -OCH3 is 1. The highest BCUT2D eigenvalue weighted by molar-refractivity contribution is 7.91. The molecular formula is C26H24N4O6S2. The summed E-state index contributed by atoms with van der Waals surface area (Å²) < 4.78 is 32.2. The van der Waals surface area contributed by atoms with Gasteiger partial charge in [0.2, 0.25) is 0 Å². The van der Waals surface area contributed by atoms with E-state index >= 15 is 0 Å². The van der Waals surface area contributed by atoms with Crippen LogP contribution in [0.1, 0.15) is 21.5 Å². The molecule has 4 aromatic rings. The van der Waals surface area contributed by atoms with Gasteiger partial charge in [-0.2, -0.15) is 0 Å². The molecule has 196 valence electrons. The van der Waals surface area contributed by atoms with E-state index in [4.69, 9.17) is 9.94 Å². The molecule has 0 spiro atoms. The lowest BCUT2D eigenvalue weighted by molar-refractivity contribution is 0.0707. The van der Waals surface area contributed by atoms with Crippen molar-refractivity contribution in [2.45, 2.75) is 11.8 Å². The number of oxime groups is 1. The Balaban J connectivity index is 1.90. The number of anilines is 2. The molecule has 2 aromatic carbocycles. The number of benzene rings is 2. The molecule has 0 atom stereocenters. The van der Waals surface area contributed by atoms with E-state index in [1.54, 1.807) is 61.1 Å². The molecule has 0 saturated carbocycles. The van der Waals surface area contributed by atoms with E-state index in [1.165, 1.54) is 47.9 Å². The number of pyridine rings is 1. The number of aryl methyl sites for hydroxylation is 1. The zero-order valence-electron chi connectivity index (χ0n) is 20.4. The van der Waals surface area contributed by atoms with Gasteiger partial charge in [0.25, 0.3) is 5.91 Å². The highest BCUT2D eigenvalue weighted by atomic mass is 32.2. The summed E-state index contributed by atoms with van der Waals surface area (Å²) in [6.07, 6.45) is 4.33. The number of nitrogens with one attached hydrogen (secondary N) is 1. The molecule has 2 heterocycles. The number of nitrogens with zero attached hydrogens (tertiary/aromatic N) is 3. The Morgan fingerprint density at radius 1 is 1.21 bits per heavy atom. The van der Waals surface area contributed by atoms with E-state index in [1.807, 2.05) is 5.38 Å². The highest BCUT2D eigenvalue weighted by Gasteiger charge is 2.27. The molecule has 0 fully saturated rings. The first-order chi connectivity index (χ1) is 18.3. The van der Waals surface area contributed by atoms with Gasteiger partial charge < -0.3 is 14.8 Å². The van der Waals surface area contributed by atoms with Crippen LogP contribution in [0.2, 0.25) is 0 Å². The number of aromatic nitrogens is 1. The molecule has 2 aromatic heterocycles. The van der Waals surface area contributed by atoms with Crippen LogP contribution in [0, 0.1) is 6.92 Å². The molecule has 38 heavy (non-hydrogen) atoms. The van der Waals surface area contributed by atoms with Crippen molar-refractivity contribution in [3.63, 3.8) is 0 Å². The predicted molar refractivity (Wildman–Crippen MR) is 145 cm³/mol. The van der Waals surface area contributed by atoms with Gasteiger partial charge in [-0.3, -0.25) is 15.0 Å². The summed E-state index contributed by atoms with van der Waals surface area (Å²) in [5, 5.41) is 23.5. The molecule has 0 unspecified atom stereocenters. The van der Waals surface area contributed by atoms with Crippen LogP contribution in [-0.2, 0) is 9.84 Å². The van der Waals surface area contributed by atoms with Gasteiger partial charge in [-0.05, 0) is 78.0 Å². The van der Waals surface area contributed by atoms with Crippen LogP contribution in [0.4, 0.5) is 11.4 Å². The Bertz CT molecular complexity index is 1570. The Labute approximate surface area is 223 Å². The van der Waals surface area contributed by atoms with Crippen molar-refractivity contribution < 1.29 is 28.4 Å². The summed E-state index contributed by atoms with van der Waals surface area (Å²) in [7, 11) is -2.42. The third kappa shape index (κ3) is 5.52. The summed E-state index contributed by atoms with van der Waals surface area (Å²) in [6, 6.07) is 14.5. The SMILES string of the molecule is COc1ccc(S(=O)(=O)CN(c2cccnc2)c2c(C)cc(-c3sccc3C=NO)cc2C(=O)NO)cc1. The maximum absolute atomic E-state index is 13.5. The van der Waals surface area contributed by atoms with Crippen molar-refractivity contribution in [1.29, 1.82) is 0 Å². The molecule has 0 aliphatic carbocycles. The van der Waals surface area contributed by atoms with Crippen LogP contribution in [0.15, 0.2) is 82.4 Å². The number of hydroxylamine groups is 1. The molecule has 4 rings (SSSR count).